The number of nitrogens with two attached hydrogens (primary N) is 2. The third-order valence-electron chi connectivity index (χ3n) is 3.89. The number of hydrogen-bond donors (Lipinski definition) is 2. The summed E-state index contributed by atoms with van der Waals surface area (Å²) in [6.45, 7) is 10.8. The lowest BCUT2D eigenvalue weighted by Crippen LogP contribution is -2.25. The van der Waals surface area contributed by atoms with E-state index in [0.29, 0.717) is 24.9 Å². The van der Waals surface area contributed by atoms with Gasteiger partial charge in [-0.3, -0.25) is 0 Å². The molecule has 0 bridgehead atoms. The van der Waals surface area contributed by atoms with Crippen LogP contribution in [0.2, 0.25) is 0 Å². The number of benzene rings is 1. The van der Waals surface area contributed by atoms with Crippen molar-refractivity contribution in [3.63, 3.8) is 0 Å². The summed E-state index contributed by atoms with van der Waals surface area (Å²) >= 11 is 0. The molecule has 3 heteroatoms. The second-order valence-corrected chi connectivity index (χ2v) is 5.79. The molecule has 1 aromatic carbocycles. The van der Waals surface area contributed by atoms with Crippen LogP contribution in [0.1, 0.15) is 49.3 Å². The first kappa shape index (κ1) is 17.0. The van der Waals surface area contributed by atoms with E-state index in [1.54, 1.807) is 0 Å². The molecule has 1 rings (SSSR count). The van der Waals surface area contributed by atoms with Crippen molar-refractivity contribution in [1.29, 1.82) is 0 Å². The minimum Gasteiger partial charge on any atom is -0.494 e. The van der Waals surface area contributed by atoms with Gasteiger partial charge in [-0.2, -0.15) is 0 Å². The van der Waals surface area contributed by atoms with Crippen LogP contribution in [-0.2, 0) is 0 Å². The zero-order chi connectivity index (χ0) is 15.1. The fraction of sp³-hybridized carbons (Fsp3) is 0.647. The molecular formula is C17H30N2O. The SMILES string of the molecule is CCCOc1cc(C)c(C(C)CC(CN)CN)c(C)c1. The van der Waals surface area contributed by atoms with Crippen LogP contribution < -0.4 is 16.2 Å². The summed E-state index contributed by atoms with van der Waals surface area (Å²) in [5.41, 5.74) is 15.6. The Bertz CT molecular complexity index is 390. The molecule has 0 radical (unpaired) electrons. The zero-order valence-electron chi connectivity index (χ0n) is 13.4. The predicted octanol–water partition coefficient (Wildman–Crippen LogP) is 3.12. The number of aryl methyl sites for hydroxylation is 2. The lowest BCUT2D eigenvalue weighted by molar-refractivity contribution is 0.317. The maximum Gasteiger partial charge on any atom is 0.119 e. The fourth-order valence-electron chi connectivity index (χ4n) is 2.92. The highest BCUT2D eigenvalue weighted by Gasteiger charge is 2.16. The van der Waals surface area contributed by atoms with Crippen molar-refractivity contribution in [3.05, 3.63) is 28.8 Å². The average molecular weight is 278 g/mol. The predicted molar refractivity (Wildman–Crippen MR) is 86.3 cm³/mol. The molecule has 0 aliphatic heterocycles. The maximum atomic E-state index is 5.76. The fourth-order valence-corrected chi connectivity index (χ4v) is 2.92. The van der Waals surface area contributed by atoms with Gasteiger partial charge < -0.3 is 16.2 Å². The minimum atomic E-state index is 0.403. The molecule has 0 aromatic heterocycles. The lowest BCUT2D eigenvalue weighted by Gasteiger charge is -2.22. The van der Waals surface area contributed by atoms with Gasteiger partial charge in [0, 0.05) is 0 Å². The van der Waals surface area contributed by atoms with Crippen LogP contribution in [0, 0.1) is 19.8 Å². The van der Waals surface area contributed by atoms with Gasteiger partial charge in [0.25, 0.3) is 0 Å². The second kappa shape index (κ2) is 8.28. The summed E-state index contributed by atoms with van der Waals surface area (Å²) in [6.07, 6.45) is 2.08. The molecule has 0 heterocycles. The van der Waals surface area contributed by atoms with E-state index in [-0.39, 0.29) is 0 Å². The third-order valence-corrected chi connectivity index (χ3v) is 3.89. The molecule has 0 saturated carbocycles. The first-order chi connectivity index (χ1) is 9.53. The largest absolute Gasteiger partial charge is 0.494 e. The van der Waals surface area contributed by atoms with Gasteiger partial charge in [-0.25, -0.2) is 0 Å². The molecule has 20 heavy (non-hydrogen) atoms. The maximum absolute atomic E-state index is 5.76. The quantitative estimate of drug-likeness (QED) is 0.768. The molecule has 114 valence electrons. The molecule has 1 aromatic rings. The van der Waals surface area contributed by atoms with Crippen LogP contribution in [-0.4, -0.2) is 19.7 Å². The second-order valence-electron chi connectivity index (χ2n) is 5.79. The van der Waals surface area contributed by atoms with Crippen LogP contribution >= 0.6 is 0 Å². The molecule has 0 saturated heterocycles. The molecule has 0 spiro atoms. The van der Waals surface area contributed by atoms with E-state index >= 15 is 0 Å². The van der Waals surface area contributed by atoms with Crippen molar-refractivity contribution >= 4 is 0 Å². The van der Waals surface area contributed by atoms with Gasteiger partial charge in [0.1, 0.15) is 5.75 Å². The molecule has 1 atom stereocenters. The molecule has 0 aliphatic carbocycles. The lowest BCUT2D eigenvalue weighted by atomic mass is 9.85. The molecular weight excluding hydrogens is 248 g/mol. The molecule has 4 N–H and O–H groups in total. The standard InChI is InChI=1S/C17H30N2O/c1-5-6-20-16-8-13(3)17(14(4)9-16)12(2)7-15(10-18)11-19/h8-9,12,15H,5-7,10-11,18-19H2,1-4H3. The first-order valence-corrected chi connectivity index (χ1v) is 7.67. The minimum absolute atomic E-state index is 0.403. The van der Waals surface area contributed by atoms with Crippen molar-refractivity contribution < 1.29 is 4.74 Å². The Morgan fingerprint density at radius 3 is 2.10 bits per heavy atom. The Kier molecular flexibility index (Phi) is 7.03. The van der Waals surface area contributed by atoms with Crippen LogP contribution in [0.3, 0.4) is 0 Å². The number of rotatable bonds is 8. The summed E-state index contributed by atoms with van der Waals surface area (Å²) in [7, 11) is 0. The highest BCUT2D eigenvalue weighted by molar-refractivity contribution is 5.43. The van der Waals surface area contributed by atoms with E-state index in [1.165, 1.54) is 16.7 Å². The van der Waals surface area contributed by atoms with Crippen molar-refractivity contribution in [3.8, 4) is 5.75 Å². The van der Waals surface area contributed by atoms with E-state index in [9.17, 15) is 0 Å². The van der Waals surface area contributed by atoms with Gasteiger partial charge in [-0.15, -0.1) is 0 Å². The Labute approximate surface area is 123 Å². The van der Waals surface area contributed by atoms with Crippen molar-refractivity contribution in [2.45, 2.75) is 46.5 Å². The van der Waals surface area contributed by atoms with E-state index in [1.807, 2.05) is 0 Å². The zero-order valence-corrected chi connectivity index (χ0v) is 13.4. The Morgan fingerprint density at radius 2 is 1.65 bits per heavy atom. The van der Waals surface area contributed by atoms with Gasteiger partial charge in [0.15, 0.2) is 0 Å². The molecule has 0 aliphatic rings. The van der Waals surface area contributed by atoms with Gasteiger partial charge in [0.2, 0.25) is 0 Å². The topological polar surface area (TPSA) is 61.3 Å². The summed E-state index contributed by atoms with van der Waals surface area (Å²) in [5.74, 6) is 1.86. The van der Waals surface area contributed by atoms with E-state index in [0.717, 1.165) is 25.2 Å². The third kappa shape index (κ3) is 4.50. The summed E-state index contributed by atoms with van der Waals surface area (Å²) < 4.78 is 5.73. The van der Waals surface area contributed by atoms with Crippen LogP contribution in [0.4, 0.5) is 0 Å². The first-order valence-electron chi connectivity index (χ1n) is 7.67. The Morgan fingerprint density at radius 1 is 1.10 bits per heavy atom. The van der Waals surface area contributed by atoms with Gasteiger partial charge in [0.05, 0.1) is 6.61 Å². The van der Waals surface area contributed by atoms with Crippen molar-refractivity contribution in [1.82, 2.24) is 0 Å². The highest BCUT2D eigenvalue weighted by atomic mass is 16.5. The van der Waals surface area contributed by atoms with Crippen molar-refractivity contribution in [2.24, 2.45) is 17.4 Å². The Hall–Kier alpha value is -1.06. The summed E-state index contributed by atoms with van der Waals surface area (Å²) in [6, 6.07) is 4.29. The van der Waals surface area contributed by atoms with Crippen molar-refractivity contribution in [2.75, 3.05) is 19.7 Å². The number of ether oxygens (including phenoxy) is 1. The van der Waals surface area contributed by atoms with E-state index in [2.05, 4.69) is 39.8 Å². The van der Waals surface area contributed by atoms with Crippen LogP contribution in [0.25, 0.3) is 0 Å². The van der Waals surface area contributed by atoms with Crippen LogP contribution in [0.15, 0.2) is 12.1 Å². The molecule has 0 fully saturated rings. The monoisotopic (exact) mass is 278 g/mol. The highest BCUT2D eigenvalue weighted by Crippen LogP contribution is 2.31. The molecule has 0 amide bonds. The smallest absolute Gasteiger partial charge is 0.119 e. The van der Waals surface area contributed by atoms with E-state index in [4.69, 9.17) is 16.2 Å². The Balaban J connectivity index is 2.89. The summed E-state index contributed by atoms with van der Waals surface area (Å²) in [5, 5.41) is 0. The average Bonchev–Trinajstić information content (AvgIpc) is 2.41. The van der Waals surface area contributed by atoms with Gasteiger partial charge in [-0.1, -0.05) is 13.8 Å². The van der Waals surface area contributed by atoms with Gasteiger partial charge in [-0.05, 0) is 80.4 Å². The molecule has 3 nitrogen and oxygen atoms in total. The summed E-state index contributed by atoms with van der Waals surface area (Å²) in [4.78, 5) is 0. The molecule has 1 unspecified atom stereocenters. The normalized spacial score (nSPS) is 12.8. The van der Waals surface area contributed by atoms with Gasteiger partial charge >= 0.3 is 0 Å². The van der Waals surface area contributed by atoms with E-state index < -0.39 is 0 Å². The van der Waals surface area contributed by atoms with Crippen LogP contribution in [0.5, 0.6) is 5.75 Å². The number of hydrogen-bond acceptors (Lipinski definition) is 3.